The molecule has 0 radical (unpaired) electrons. The average molecular weight is 228 g/mol. The standard InChI is InChI=1S/C12H24N2O2/c1-3-5-7-14(6-4-2)12(16)11-8-10(15)9-13-11/h10-11,13,15H,3-9H2,1-2H3/t10?,11-/m0/s1. The third-order valence-electron chi connectivity index (χ3n) is 2.99. The second-order valence-corrected chi connectivity index (χ2v) is 4.53. The van der Waals surface area contributed by atoms with E-state index in [4.69, 9.17) is 0 Å². The van der Waals surface area contributed by atoms with Crippen molar-refractivity contribution in [2.24, 2.45) is 0 Å². The van der Waals surface area contributed by atoms with Crippen LogP contribution in [0.3, 0.4) is 0 Å². The van der Waals surface area contributed by atoms with Gasteiger partial charge in [-0.15, -0.1) is 0 Å². The summed E-state index contributed by atoms with van der Waals surface area (Å²) in [7, 11) is 0. The first-order valence-corrected chi connectivity index (χ1v) is 6.39. The van der Waals surface area contributed by atoms with Crippen LogP contribution in [0.4, 0.5) is 0 Å². The lowest BCUT2D eigenvalue weighted by Gasteiger charge is -2.25. The van der Waals surface area contributed by atoms with Gasteiger partial charge in [0.15, 0.2) is 0 Å². The Labute approximate surface area is 98.0 Å². The van der Waals surface area contributed by atoms with Gasteiger partial charge in [-0.1, -0.05) is 20.3 Å². The third-order valence-corrected chi connectivity index (χ3v) is 2.99. The molecule has 1 unspecified atom stereocenters. The molecule has 4 heteroatoms. The van der Waals surface area contributed by atoms with Crippen LogP contribution in [0.1, 0.15) is 39.5 Å². The second kappa shape index (κ2) is 6.86. The van der Waals surface area contributed by atoms with E-state index in [-0.39, 0.29) is 18.1 Å². The predicted octanol–water partition coefficient (Wildman–Crippen LogP) is 0.748. The van der Waals surface area contributed by atoms with Crippen molar-refractivity contribution in [1.82, 2.24) is 10.2 Å². The van der Waals surface area contributed by atoms with Gasteiger partial charge in [0, 0.05) is 19.6 Å². The van der Waals surface area contributed by atoms with Crippen LogP contribution in [0.25, 0.3) is 0 Å². The van der Waals surface area contributed by atoms with Crippen molar-refractivity contribution in [3.63, 3.8) is 0 Å². The molecule has 1 rings (SSSR count). The number of rotatable bonds is 6. The van der Waals surface area contributed by atoms with Crippen molar-refractivity contribution in [2.75, 3.05) is 19.6 Å². The summed E-state index contributed by atoms with van der Waals surface area (Å²) >= 11 is 0. The molecule has 4 nitrogen and oxygen atoms in total. The van der Waals surface area contributed by atoms with Gasteiger partial charge >= 0.3 is 0 Å². The topological polar surface area (TPSA) is 52.6 Å². The van der Waals surface area contributed by atoms with Crippen LogP contribution in [0.5, 0.6) is 0 Å². The fraction of sp³-hybridized carbons (Fsp3) is 0.917. The van der Waals surface area contributed by atoms with Crippen LogP contribution >= 0.6 is 0 Å². The summed E-state index contributed by atoms with van der Waals surface area (Å²) in [5.41, 5.74) is 0. The quantitative estimate of drug-likeness (QED) is 0.705. The second-order valence-electron chi connectivity index (χ2n) is 4.53. The lowest BCUT2D eigenvalue weighted by atomic mass is 10.1. The van der Waals surface area contributed by atoms with Crippen LogP contribution in [0.2, 0.25) is 0 Å². The molecule has 2 atom stereocenters. The van der Waals surface area contributed by atoms with Gasteiger partial charge in [-0.2, -0.15) is 0 Å². The van der Waals surface area contributed by atoms with E-state index in [0.29, 0.717) is 13.0 Å². The molecule has 0 aliphatic carbocycles. The Bertz CT molecular complexity index is 221. The number of hydrogen-bond acceptors (Lipinski definition) is 3. The molecule has 0 bridgehead atoms. The summed E-state index contributed by atoms with van der Waals surface area (Å²) in [6.45, 7) is 6.43. The van der Waals surface area contributed by atoms with E-state index < -0.39 is 0 Å². The molecule has 1 amide bonds. The zero-order chi connectivity index (χ0) is 12.0. The van der Waals surface area contributed by atoms with Crippen molar-refractivity contribution in [1.29, 1.82) is 0 Å². The van der Waals surface area contributed by atoms with Crippen molar-refractivity contribution in [3.8, 4) is 0 Å². The molecule has 1 heterocycles. The molecule has 0 aromatic rings. The normalized spacial score (nSPS) is 24.7. The summed E-state index contributed by atoms with van der Waals surface area (Å²) in [6.07, 6.45) is 3.36. The predicted molar refractivity (Wildman–Crippen MR) is 64.2 cm³/mol. The molecule has 0 aromatic heterocycles. The summed E-state index contributed by atoms with van der Waals surface area (Å²) in [5, 5.41) is 12.5. The highest BCUT2D eigenvalue weighted by Crippen LogP contribution is 2.10. The van der Waals surface area contributed by atoms with Gasteiger partial charge in [0.25, 0.3) is 0 Å². The van der Waals surface area contributed by atoms with Crippen molar-refractivity contribution < 1.29 is 9.90 Å². The first kappa shape index (κ1) is 13.5. The Morgan fingerprint density at radius 2 is 2.12 bits per heavy atom. The smallest absolute Gasteiger partial charge is 0.239 e. The summed E-state index contributed by atoms with van der Waals surface area (Å²) < 4.78 is 0. The van der Waals surface area contributed by atoms with Crippen LogP contribution in [-0.2, 0) is 4.79 Å². The molecule has 0 spiro atoms. The number of hydrogen-bond donors (Lipinski definition) is 2. The van der Waals surface area contributed by atoms with E-state index >= 15 is 0 Å². The zero-order valence-corrected chi connectivity index (χ0v) is 10.4. The van der Waals surface area contributed by atoms with Crippen molar-refractivity contribution >= 4 is 5.91 Å². The molecule has 0 aromatic carbocycles. The minimum Gasteiger partial charge on any atom is -0.392 e. The zero-order valence-electron chi connectivity index (χ0n) is 10.4. The van der Waals surface area contributed by atoms with E-state index in [2.05, 4.69) is 19.2 Å². The molecule has 1 saturated heterocycles. The van der Waals surface area contributed by atoms with Crippen LogP contribution < -0.4 is 5.32 Å². The number of carbonyl (C=O) groups is 1. The van der Waals surface area contributed by atoms with E-state index in [0.717, 1.165) is 32.4 Å². The SMILES string of the molecule is CCCCN(CCC)C(=O)[C@@H]1CC(O)CN1. The lowest BCUT2D eigenvalue weighted by molar-refractivity contribution is -0.133. The molecule has 94 valence electrons. The largest absolute Gasteiger partial charge is 0.392 e. The maximum absolute atomic E-state index is 12.1. The van der Waals surface area contributed by atoms with Gasteiger partial charge in [-0.05, 0) is 19.3 Å². The Morgan fingerprint density at radius 1 is 1.38 bits per heavy atom. The highest BCUT2D eigenvalue weighted by molar-refractivity contribution is 5.82. The summed E-state index contributed by atoms with van der Waals surface area (Å²) in [6, 6.07) is -0.168. The fourth-order valence-corrected chi connectivity index (χ4v) is 2.08. The van der Waals surface area contributed by atoms with Crippen molar-refractivity contribution in [3.05, 3.63) is 0 Å². The van der Waals surface area contributed by atoms with Crippen LogP contribution in [-0.4, -0.2) is 47.7 Å². The summed E-state index contributed by atoms with van der Waals surface area (Å²) in [5.74, 6) is 0.159. The van der Waals surface area contributed by atoms with Gasteiger partial charge in [0.2, 0.25) is 5.91 Å². The van der Waals surface area contributed by atoms with Gasteiger partial charge in [-0.25, -0.2) is 0 Å². The first-order chi connectivity index (χ1) is 7.69. The summed E-state index contributed by atoms with van der Waals surface area (Å²) in [4.78, 5) is 14.1. The molecule has 0 saturated carbocycles. The molecular formula is C12H24N2O2. The molecular weight excluding hydrogens is 204 g/mol. The molecule has 1 fully saturated rings. The van der Waals surface area contributed by atoms with Crippen molar-refractivity contribution in [2.45, 2.75) is 51.7 Å². The van der Waals surface area contributed by atoms with Crippen LogP contribution in [0, 0.1) is 0 Å². The minimum absolute atomic E-state index is 0.159. The third kappa shape index (κ3) is 3.76. The van der Waals surface area contributed by atoms with E-state index in [1.54, 1.807) is 0 Å². The van der Waals surface area contributed by atoms with Gasteiger partial charge in [0.05, 0.1) is 12.1 Å². The number of carbonyl (C=O) groups excluding carboxylic acids is 1. The number of aliphatic hydroxyl groups is 1. The minimum atomic E-state index is -0.358. The number of unbranched alkanes of at least 4 members (excludes halogenated alkanes) is 1. The molecule has 1 aliphatic heterocycles. The Balaban J connectivity index is 2.45. The van der Waals surface area contributed by atoms with Gasteiger partial charge < -0.3 is 15.3 Å². The fourth-order valence-electron chi connectivity index (χ4n) is 2.08. The Hall–Kier alpha value is -0.610. The Morgan fingerprint density at radius 3 is 2.62 bits per heavy atom. The number of amides is 1. The van der Waals surface area contributed by atoms with Gasteiger partial charge in [0.1, 0.15) is 0 Å². The monoisotopic (exact) mass is 228 g/mol. The highest BCUT2D eigenvalue weighted by atomic mass is 16.3. The first-order valence-electron chi connectivity index (χ1n) is 6.39. The van der Waals surface area contributed by atoms with E-state index in [1.165, 1.54) is 0 Å². The lowest BCUT2D eigenvalue weighted by Crippen LogP contribution is -2.44. The maximum atomic E-state index is 12.1. The maximum Gasteiger partial charge on any atom is 0.239 e. The Kier molecular flexibility index (Phi) is 5.77. The van der Waals surface area contributed by atoms with Crippen LogP contribution in [0.15, 0.2) is 0 Å². The molecule has 1 aliphatic rings. The molecule has 16 heavy (non-hydrogen) atoms. The number of aliphatic hydroxyl groups excluding tert-OH is 1. The van der Waals surface area contributed by atoms with E-state index in [1.807, 2.05) is 4.90 Å². The van der Waals surface area contributed by atoms with Gasteiger partial charge in [-0.3, -0.25) is 4.79 Å². The highest BCUT2D eigenvalue weighted by Gasteiger charge is 2.30. The van der Waals surface area contributed by atoms with E-state index in [9.17, 15) is 9.90 Å². The molecule has 2 N–H and O–H groups in total. The number of nitrogens with zero attached hydrogens (tertiary/aromatic N) is 1. The average Bonchev–Trinajstić information content (AvgIpc) is 2.70. The number of β-amino-alcohol motifs (C(OH)–C–C–N with tert-alkyl or cyclic N) is 1. The number of nitrogens with one attached hydrogen (secondary N) is 1.